The van der Waals surface area contributed by atoms with Crippen molar-refractivity contribution in [2.45, 2.75) is 45.7 Å². The summed E-state index contributed by atoms with van der Waals surface area (Å²) in [7, 11) is 0. The maximum atomic E-state index is 12.8. The van der Waals surface area contributed by atoms with Gasteiger partial charge in [-0.15, -0.1) is 11.3 Å². The fraction of sp³-hybridized carbons (Fsp3) is 0.381. The number of carbonyl (C=O) groups is 1. The highest BCUT2D eigenvalue weighted by Crippen LogP contribution is 2.42. The summed E-state index contributed by atoms with van der Waals surface area (Å²) in [5.41, 5.74) is 4.46. The molecule has 4 heteroatoms. The van der Waals surface area contributed by atoms with Crippen molar-refractivity contribution in [2.75, 3.05) is 5.32 Å². The van der Waals surface area contributed by atoms with E-state index in [9.17, 15) is 4.79 Å². The van der Waals surface area contributed by atoms with E-state index in [0.29, 0.717) is 0 Å². The summed E-state index contributed by atoms with van der Waals surface area (Å²) in [6.07, 6.45) is 6.59. The van der Waals surface area contributed by atoms with Crippen LogP contribution in [0.3, 0.4) is 0 Å². The molecule has 0 fully saturated rings. The highest BCUT2D eigenvalue weighted by molar-refractivity contribution is 7.16. The van der Waals surface area contributed by atoms with Crippen molar-refractivity contribution in [1.29, 1.82) is 0 Å². The normalized spacial score (nSPS) is 22.6. The van der Waals surface area contributed by atoms with Crippen LogP contribution >= 0.6 is 11.3 Å². The molecule has 0 saturated heterocycles. The summed E-state index contributed by atoms with van der Waals surface area (Å²) >= 11 is 1.79. The van der Waals surface area contributed by atoms with Gasteiger partial charge in [0.05, 0.1) is 5.56 Å². The maximum absolute atomic E-state index is 12.8. The molecule has 3 nitrogen and oxygen atoms in total. The topological polar surface area (TPSA) is 41.1 Å². The lowest BCUT2D eigenvalue weighted by Gasteiger charge is -2.27. The highest BCUT2D eigenvalue weighted by atomic mass is 32.1. The zero-order valence-corrected chi connectivity index (χ0v) is 15.6. The standard InChI is InChI=1S/C21H24N2OS/c1-3-14-9-10-16-17(12-14)25-21-18(16)20(24)22-19(23-21)13(2)11-15-7-5-4-6-8-15/h4-8,11,14,19,23H,3,9-10,12H2,1-2H3,(H,22,24)/b13-11+. The van der Waals surface area contributed by atoms with E-state index in [4.69, 9.17) is 0 Å². The van der Waals surface area contributed by atoms with Gasteiger partial charge in [0.25, 0.3) is 5.91 Å². The van der Waals surface area contributed by atoms with Gasteiger partial charge >= 0.3 is 0 Å². The van der Waals surface area contributed by atoms with Crippen molar-refractivity contribution >= 4 is 28.3 Å². The second kappa shape index (κ2) is 6.68. The van der Waals surface area contributed by atoms with Crippen LogP contribution in [0.15, 0.2) is 35.9 Å². The Morgan fingerprint density at radius 2 is 2.08 bits per heavy atom. The average Bonchev–Trinajstić information content (AvgIpc) is 3.00. The maximum Gasteiger partial charge on any atom is 0.256 e. The van der Waals surface area contributed by atoms with E-state index in [-0.39, 0.29) is 12.1 Å². The lowest BCUT2D eigenvalue weighted by Crippen LogP contribution is -2.45. The Kier molecular flexibility index (Phi) is 4.38. The molecule has 1 aliphatic carbocycles. The third kappa shape index (κ3) is 3.11. The van der Waals surface area contributed by atoms with Gasteiger partial charge < -0.3 is 10.6 Å². The van der Waals surface area contributed by atoms with Gasteiger partial charge in [-0.3, -0.25) is 4.79 Å². The van der Waals surface area contributed by atoms with E-state index < -0.39 is 0 Å². The van der Waals surface area contributed by atoms with E-state index >= 15 is 0 Å². The number of thiophene rings is 1. The van der Waals surface area contributed by atoms with Crippen LogP contribution in [0.25, 0.3) is 6.08 Å². The van der Waals surface area contributed by atoms with Crippen LogP contribution in [0.5, 0.6) is 0 Å². The molecule has 4 rings (SSSR count). The van der Waals surface area contributed by atoms with Crippen LogP contribution in [0.2, 0.25) is 0 Å². The molecule has 1 aromatic carbocycles. The number of hydrogen-bond donors (Lipinski definition) is 2. The van der Waals surface area contributed by atoms with E-state index in [1.165, 1.54) is 23.3 Å². The lowest BCUT2D eigenvalue weighted by molar-refractivity contribution is 0.0941. The van der Waals surface area contributed by atoms with Crippen LogP contribution in [0.4, 0.5) is 5.00 Å². The van der Waals surface area contributed by atoms with Gasteiger partial charge in [-0.1, -0.05) is 49.8 Å². The molecule has 2 heterocycles. The molecule has 2 N–H and O–H groups in total. The number of rotatable bonds is 3. The van der Waals surface area contributed by atoms with Gasteiger partial charge in [-0.2, -0.15) is 0 Å². The zero-order valence-electron chi connectivity index (χ0n) is 14.8. The van der Waals surface area contributed by atoms with Gasteiger partial charge in [-0.25, -0.2) is 0 Å². The highest BCUT2D eigenvalue weighted by Gasteiger charge is 2.33. The number of amides is 1. The first-order valence-electron chi connectivity index (χ1n) is 9.11. The number of fused-ring (bicyclic) bond motifs is 3. The molecule has 25 heavy (non-hydrogen) atoms. The predicted molar refractivity (Wildman–Crippen MR) is 105 cm³/mol. The SMILES string of the molecule is CCC1CCc2c(sc3c2C(=O)NC(/C(C)=C/c2ccccc2)N3)C1. The monoisotopic (exact) mass is 352 g/mol. The Labute approximate surface area is 153 Å². The Morgan fingerprint density at radius 1 is 1.28 bits per heavy atom. The van der Waals surface area contributed by atoms with Crippen molar-refractivity contribution in [3.8, 4) is 0 Å². The third-order valence-corrected chi connectivity index (χ3v) is 6.56. The van der Waals surface area contributed by atoms with E-state index in [1.54, 1.807) is 11.3 Å². The quantitative estimate of drug-likeness (QED) is 0.829. The largest absolute Gasteiger partial charge is 0.353 e. The summed E-state index contributed by atoms with van der Waals surface area (Å²) < 4.78 is 0. The van der Waals surface area contributed by atoms with Gasteiger partial charge in [0.1, 0.15) is 11.2 Å². The van der Waals surface area contributed by atoms with Crippen molar-refractivity contribution in [3.63, 3.8) is 0 Å². The van der Waals surface area contributed by atoms with Gasteiger partial charge in [0.2, 0.25) is 0 Å². The minimum atomic E-state index is -0.137. The van der Waals surface area contributed by atoms with Crippen LogP contribution < -0.4 is 10.6 Å². The molecular weight excluding hydrogens is 328 g/mol. The average molecular weight is 353 g/mol. The molecule has 2 aliphatic rings. The lowest BCUT2D eigenvalue weighted by atomic mass is 9.85. The first-order chi connectivity index (χ1) is 12.2. The zero-order chi connectivity index (χ0) is 17.4. The smallest absolute Gasteiger partial charge is 0.256 e. The van der Waals surface area contributed by atoms with Crippen LogP contribution in [0, 0.1) is 5.92 Å². The molecule has 1 aliphatic heterocycles. The predicted octanol–water partition coefficient (Wildman–Crippen LogP) is 4.85. The number of hydrogen-bond acceptors (Lipinski definition) is 3. The first kappa shape index (κ1) is 16.4. The molecule has 130 valence electrons. The van der Waals surface area contributed by atoms with Gasteiger partial charge in [-0.05, 0) is 48.8 Å². The molecule has 0 bridgehead atoms. The van der Waals surface area contributed by atoms with Gasteiger partial charge in [0, 0.05) is 4.88 Å². The molecule has 1 aromatic heterocycles. The number of nitrogens with one attached hydrogen (secondary N) is 2. The third-order valence-electron chi connectivity index (χ3n) is 5.37. The summed E-state index contributed by atoms with van der Waals surface area (Å²) in [4.78, 5) is 14.2. The van der Waals surface area contributed by atoms with E-state index in [0.717, 1.165) is 40.5 Å². The number of anilines is 1. The Balaban J connectivity index is 1.61. The summed E-state index contributed by atoms with van der Waals surface area (Å²) in [5.74, 6) is 0.846. The van der Waals surface area contributed by atoms with Crippen molar-refractivity contribution in [3.05, 3.63) is 57.5 Å². The van der Waals surface area contributed by atoms with Crippen molar-refractivity contribution in [1.82, 2.24) is 5.32 Å². The molecule has 0 radical (unpaired) electrons. The van der Waals surface area contributed by atoms with Gasteiger partial charge in [0.15, 0.2) is 0 Å². The Bertz CT molecular complexity index is 822. The van der Waals surface area contributed by atoms with Crippen LogP contribution in [-0.2, 0) is 12.8 Å². The summed E-state index contributed by atoms with van der Waals surface area (Å²) in [6, 6.07) is 10.2. The molecule has 1 amide bonds. The molecular formula is C21H24N2OS. The second-order valence-corrected chi connectivity index (χ2v) is 8.18. The fourth-order valence-electron chi connectivity index (χ4n) is 3.84. The van der Waals surface area contributed by atoms with Crippen LogP contribution in [0.1, 0.15) is 53.1 Å². The number of benzene rings is 1. The van der Waals surface area contributed by atoms with E-state index in [2.05, 4.69) is 42.7 Å². The second-order valence-electron chi connectivity index (χ2n) is 7.07. The first-order valence-corrected chi connectivity index (χ1v) is 9.92. The Morgan fingerprint density at radius 3 is 2.84 bits per heavy atom. The molecule has 0 saturated carbocycles. The molecule has 0 spiro atoms. The van der Waals surface area contributed by atoms with Crippen molar-refractivity contribution in [2.24, 2.45) is 5.92 Å². The molecule has 2 aromatic rings. The molecule has 2 unspecified atom stereocenters. The Hall–Kier alpha value is -2.07. The minimum Gasteiger partial charge on any atom is -0.353 e. The number of carbonyl (C=O) groups excluding carboxylic acids is 1. The summed E-state index contributed by atoms with van der Waals surface area (Å²) in [6.45, 7) is 4.33. The fourth-order valence-corrected chi connectivity index (χ4v) is 5.23. The minimum absolute atomic E-state index is 0.0759. The van der Waals surface area contributed by atoms with E-state index in [1.807, 2.05) is 18.2 Å². The molecule has 2 atom stereocenters. The summed E-state index contributed by atoms with van der Waals surface area (Å²) in [5, 5.41) is 7.75. The van der Waals surface area contributed by atoms with Crippen LogP contribution in [-0.4, -0.2) is 12.1 Å². The van der Waals surface area contributed by atoms with Crippen molar-refractivity contribution < 1.29 is 4.79 Å².